The number of allylic oxidation sites excluding steroid dienone is 2. The standard InChI is InChI=1S/C10H19NO2/c1-5-9(6-2)7-10(8(3)4)11(12)13/h7-9H,5-6H2,1-4H3/b10-7-. The van der Waals surface area contributed by atoms with Gasteiger partial charge in [-0.3, -0.25) is 10.1 Å². The Morgan fingerprint density at radius 2 is 1.85 bits per heavy atom. The molecule has 0 aliphatic heterocycles. The van der Waals surface area contributed by atoms with Gasteiger partial charge in [0.15, 0.2) is 0 Å². The normalized spacial score (nSPS) is 12.6. The lowest BCUT2D eigenvalue weighted by Crippen LogP contribution is -2.08. The first kappa shape index (κ1) is 12.1. The molecule has 0 saturated heterocycles. The van der Waals surface area contributed by atoms with Crippen LogP contribution in [0.15, 0.2) is 11.8 Å². The van der Waals surface area contributed by atoms with E-state index in [1.165, 1.54) is 0 Å². The Balaban J connectivity index is 4.60. The van der Waals surface area contributed by atoms with Crippen molar-refractivity contribution >= 4 is 0 Å². The molecule has 0 fully saturated rings. The third-order valence-corrected chi connectivity index (χ3v) is 2.26. The van der Waals surface area contributed by atoms with Gasteiger partial charge in [0.05, 0.1) is 4.92 Å². The molecule has 0 bridgehead atoms. The van der Waals surface area contributed by atoms with E-state index < -0.39 is 0 Å². The smallest absolute Gasteiger partial charge is 0.245 e. The topological polar surface area (TPSA) is 43.1 Å². The van der Waals surface area contributed by atoms with E-state index >= 15 is 0 Å². The van der Waals surface area contributed by atoms with Gasteiger partial charge >= 0.3 is 0 Å². The summed E-state index contributed by atoms with van der Waals surface area (Å²) in [7, 11) is 0. The van der Waals surface area contributed by atoms with Crippen molar-refractivity contribution in [1.29, 1.82) is 0 Å². The molecule has 0 N–H and O–H groups in total. The molecule has 0 saturated carbocycles. The second-order valence-corrected chi connectivity index (χ2v) is 3.58. The third kappa shape index (κ3) is 4.06. The lowest BCUT2D eigenvalue weighted by Gasteiger charge is -2.08. The van der Waals surface area contributed by atoms with Gasteiger partial charge in [-0.25, -0.2) is 0 Å². The highest BCUT2D eigenvalue weighted by Crippen LogP contribution is 2.17. The van der Waals surface area contributed by atoms with Gasteiger partial charge in [0.2, 0.25) is 5.70 Å². The predicted molar refractivity (Wildman–Crippen MR) is 54.0 cm³/mol. The van der Waals surface area contributed by atoms with Crippen molar-refractivity contribution in [2.45, 2.75) is 40.5 Å². The van der Waals surface area contributed by atoms with Crippen LogP contribution in [0.4, 0.5) is 0 Å². The summed E-state index contributed by atoms with van der Waals surface area (Å²) in [4.78, 5) is 10.4. The maximum Gasteiger partial charge on any atom is 0.245 e. The Bertz CT molecular complexity index is 193. The summed E-state index contributed by atoms with van der Waals surface area (Å²) >= 11 is 0. The molecule has 0 rings (SSSR count). The lowest BCUT2D eigenvalue weighted by atomic mass is 9.99. The van der Waals surface area contributed by atoms with E-state index in [0.29, 0.717) is 11.6 Å². The van der Waals surface area contributed by atoms with Crippen molar-refractivity contribution in [3.05, 3.63) is 21.9 Å². The Morgan fingerprint density at radius 1 is 1.38 bits per heavy atom. The van der Waals surface area contributed by atoms with Crippen LogP contribution in [0, 0.1) is 22.0 Å². The van der Waals surface area contributed by atoms with Crippen molar-refractivity contribution in [1.82, 2.24) is 0 Å². The third-order valence-electron chi connectivity index (χ3n) is 2.26. The van der Waals surface area contributed by atoms with Gasteiger partial charge in [-0.05, 0) is 24.8 Å². The van der Waals surface area contributed by atoms with Crippen molar-refractivity contribution in [3.63, 3.8) is 0 Å². The lowest BCUT2D eigenvalue weighted by molar-refractivity contribution is -0.433. The molecule has 0 aromatic carbocycles. The monoisotopic (exact) mass is 185 g/mol. The first-order chi connectivity index (χ1) is 6.02. The van der Waals surface area contributed by atoms with E-state index in [9.17, 15) is 10.1 Å². The molecule has 0 aromatic rings. The van der Waals surface area contributed by atoms with Crippen LogP contribution in [0.25, 0.3) is 0 Å². The Morgan fingerprint density at radius 3 is 2.08 bits per heavy atom. The van der Waals surface area contributed by atoms with Crippen LogP contribution in [-0.4, -0.2) is 4.92 Å². The van der Waals surface area contributed by atoms with Gasteiger partial charge in [0, 0.05) is 5.92 Å². The average Bonchev–Trinajstić information content (AvgIpc) is 2.05. The summed E-state index contributed by atoms with van der Waals surface area (Å²) in [6, 6.07) is 0. The van der Waals surface area contributed by atoms with Crippen LogP contribution < -0.4 is 0 Å². The van der Waals surface area contributed by atoms with Gasteiger partial charge in [-0.1, -0.05) is 27.7 Å². The summed E-state index contributed by atoms with van der Waals surface area (Å²) < 4.78 is 0. The van der Waals surface area contributed by atoms with Crippen molar-refractivity contribution in [2.24, 2.45) is 11.8 Å². The van der Waals surface area contributed by atoms with Crippen LogP contribution in [0.1, 0.15) is 40.5 Å². The molecule has 0 aliphatic carbocycles. The molecule has 0 atom stereocenters. The van der Waals surface area contributed by atoms with E-state index in [1.54, 1.807) is 0 Å². The highest BCUT2D eigenvalue weighted by Gasteiger charge is 2.17. The highest BCUT2D eigenvalue weighted by atomic mass is 16.6. The molecule has 0 aliphatic rings. The molecule has 3 heteroatoms. The van der Waals surface area contributed by atoms with E-state index in [0.717, 1.165) is 12.8 Å². The van der Waals surface area contributed by atoms with E-state index in [2.05, 4.69) is 13.8 Å². The largest absolute Gasteiger partial charge is 0.259 e. The summed E-state index contributed by atoms with van der Waals surface area (Å²) in [6.07, 6.45) is 3.76. The van der Waals surface area contributed by atoms with Gasteiger partial charge in [0.25, 0.3) is 0 Å². The van der Waals surface area contributed by atoms with Gasteiger partial charge in [-0.2, -0.15) is 0 Å². The zero-order valence-electron chi connectivity index (χ0n) is 8.91. The van der Waals surface area contributed by atoms with Crippen LogP contribution in [0.3, 0.4) is 0 Å². The van der Waals surface area contributed by atoms with Crippen molar-refractivity contribution in [3.8, 4) is 0 Å². The number of nitro groups is 1. The second kappa shape index (κ2) is 5.73. The first-order valence-corrected chi connectivity index (χ1v) is 4.88. The summed E-state index contributed by atoms with van der Waals surface area (Å²) in [5, 5.41) is 10.6. The maximum atomic E-state index is 10.6. The van der Waals surface area contributed by atoms with E-state index in [1.807, 2.05) is 19.9 Å². The Hall–Kier alpha value is -0.860. The molecule has 3 nitrogen and oxygen atoms in total. The quantitative estimate of drug-likeness (QED) is 0.487. The van der Waals surface area contributed by atoms with Crippen LogP contribution in [0.2, 0.25) is 0 Å². The average molecular weight is 185 g/mol. The van der Waals surface area contributed by atoms with Crippen molar-refractivity contribution in [2.75, 3.05) is 0 Å². The Kier molecular flexibility index (Phi) is 5.35. The molecule has 0 heterocycles. The van der Waals surface area contributed by atoms with Gasteiger partial charge in [0.1, 0.15) is 0 Å². The second-order valence-electron chi connectivity index (χ2n) is 3.58. The molecule has 0 aromatic heterocycles. The molecule has 0 spiro atoms. The fraction of sp³-hybridized carbons (Fsp3) is 0.800. The number of rotatable bonds is 5. The summed E-state index contributed by atoms with van der Waals surface area (Å²) in [5.74, 6) is 0.360. The van der Waals surface area contributed by atoms with Gasteiger partial charge in [-0.15, -0.1) is 0 Å². The Labute approximate surface area is 80.0 Å². The molecule has 0 unspecified atom stereocenters. The van der Waals surface area contributed by atoms with Crippen LogP contribution in [-0.2, 0) is 0 Å². The molecular formula is C10H19NO2. The zero-order valence-corrected chi connectivity index (χ0v) is 8.91. The molecule has 76 valence electrons. The minimum Gasteiger partial charge on any atom is -0.259 e. The number of hydrogen-bond donors (Lipinski definition) is 0. The number of nitrogens with zero attached hydrogens (tertiary/aromatic N) is 1. The minimum absolute atomic E-state index is 0.00981. The summed E-state index contributed by atoms with van der Waals surface area (Å²) in [6.45, 7) is 7.83. The fourth-order valence-corrected chi connectivity index (χ4v) is 1.23. The molecule has 13 heavy (non-hydrogen) atoms. The SMILES string of the molecule is CCC(/C=C(/C(C)C)[N+](=O)[O-])CC. The van der Waals surface area contributed by atoms with E-state index in [4.69, 9.17) is 0 Å². The molecule has 0 amide bonds. The fourth-order valence-electron chi connectivity index (χ4n) is 1.23. The van der Waals surface area contributed by atoms with Crippen LogP contribution >= 0.6 is 0 Å². The molecular weight excluding hydrogens is 166 g/mol. The highest BCUT2D eigenvalue weighted by molar-refractivity contribution is 4.97. The van der Waals surface area contributed by atoms with E-state index in [-0.39, 0.29) is 10.8 Å². The van der Waals surface area contributed by atoms with Gasteiger partial charge < -0.3 is 0 Å². The minimum atomic E-state index is -0.261. The molecule has 0 radical (unpaired) electrons. The van der Waals surface area contributed by atoms with Crippen LogP contribution in [0.5, 0.6) is 0 Å². The van der Waals surface area contributed by atoms with Crippen molar-refractivity contribution < 1.29 is 4.92 Å². The predicted octanol–water partition coefficient (Wildman–Crippen LogP) is 3.24. The maximum absolute atomic E-state index is 10.6. The zero-order chi connectivity index (χ0) is 10.4. The first-order valence-electron chi connectivity index (χ1n) is 4.88. The number of hydrogen-bond acceptors (Lipinski definition) is 2. The summed E-state index contributed by atoms with van der Waals surface area (Å²) in [5.41, 5.74) is 0.355.